The van der Waals surface area contributed by atoms with E-state index in [0.717, 1.165) is 16.7 Å². The highest BCUT2D eigenvalue weighted by atomic mass is 14.4. The van der Waals surface area contributed by atoms with Gasteiger partial charge in [0.1, 0.15) is 0 Å². The molecule has 2 rings (SSSR count). The van der Waals surface area contributed by atoms with Gasteiger partial charge < -0.3 is 0 Å². The molecule has 0 aliphatic heterocycles. The molecule has 88 valence electrons. The van der Waals surface area contributed by atoms with Gasteiger partial charge in [0.25, 0.3) is 0 Å². The summed E-state index contributed by atoms with van der Waals surface area (Å²) >= 11 is 0. The molecule has 0 spiro atoms. The second kappa shape index (κ2) is 4.17. The monoisotopic (exact) mass is 234 g/mol. The van der Waals surface area contributed by atoms with E-state index < -0.39 is 0 Å². The van der Waals surface area contributed by atoms with Gasteiger partial charge in [0, 0.05) is 16.6 Å². The SMILES string of the molecule is CC1=C(C#N)C(c2ccccc2)=C(C#N)C1(C)C. The third-order valence-corrected chi connectivity index (χ3v) is 3.72. The molecular formula is C16H14N2. The molecule has 0 bridgehead atoms. The summed E-state index contributed by atoms with van der Waals surface area (Å²) in [5.41, 5.74) is 3.68. The lowest BCUT2D eigenvalue weighted by Gasteiger charge is -2.20. The zero-order chi connectivity index (χ0) is 13.3. The molecule has 1 aromatic carbocycles. The van der Waals surface area contributed by atoms with Crippen LogP contribution < -0.4 is 0 Å². The smallest absolute Gasteiger partial charge is 0.0998 e. The Labute approximate surface area is 107 Å². The minimum absolute atomic E-state index is 0.356. The Hall–Kier alpha value is -2.32. The third kappa shape index (κ3) is 1.55. The summed E-state index contributed by atoms with van der Waals surface area (Å²) in [4.78, 5) is 0. The van der Waals surface area contributed by atoms with Crippen molar-refractivity contribution in [1.29, 1.82) is 10.5 Å². The summed E-state index contributed by atoms with van der Waals surface area (Å²) in [6.07, 6.45) is 0. The van der Waals surface area contributed by atoms with Crippen LogP contribution in [-0.4, -0.2) is 0 Å². The highest BCUT2D eigenvalue weighted by molar-refractivity contribution is 5.92. The van der Waals surface area contributed by atoms with Gasteiger partial charge in [-0.1, -0.05) is 44.2 Å². The zero-order valence-corrected chi connectivity index (χ0v) is 10.8. The fourth-order valence-corrected chi connectivity index (χ4v) is 2.35. The topological polar surface area (TPSA) is 47.6 Å². The molecule has 0 aromatic heterocycles. The molecule has 0 heterocycles. The third-order valence-electron chi connectivity index (χ3n) is 3.72. The van der Waals surface area contributed by atoms with E-state index >= 15 is 0 Å². The lowest BCUT2D eigenvalue weighted by atomic mass is 9.81. The highest BCUT2D eigenvalue weighted by Crippen LogP contribution is 2.49. The molecule has 1 aliphatic carbocycles. The Morgan fingerprint density at radius 2 is 1.61 bits per heavy atom. The Kier molecular flexibility index (Phi) is 2.81. The number of benzene rings is 1. The van der Waals surface area contributed by atoms with Crippen LogP contribution in [0.25, 0.3) is 5.57 Å². The first-order valence-electron chi connectivity index (χ1n) is 5.86. The van der Waals surface area contributed by atoms with Crippen LogP contribution in [0.5, 0.6) is 0 Å². The predicted molar refractivity (Wildman–Crippen MR) is 71.1 cm³/mol. The first-order valence-corrected chi connectivity index (χ1v) is 5.86. The fourth-order valence-electron chi connectivity index (χ4n) is 2.35. The van der Waals surface area contributed by atoms with Crippen LogP contribution in [0.15, 0.2) is 47.1 Å². The minimum Gasteiger partial charge on any atom is -0.193 e. The van der Waals surface area contributed by atoms with E-state index in [0.29, 0.717) is 11.1 Å². The second-order valence-electron chi connectivity index (χ2n) is 4.96. The molecule has 1 aromatic rings. The average molecular weight is 234 g/mol. The van der Waals surface area contributed by atoms with Crippen LogP contribution in [0.1, 0.15) is 26.3 Å². The maximum absolute atomic E-state index is 9.42. The van der Waals surface area contributed by atoms with Crippen molar-refractivity contribution < 1.29 is 0 Å². The number of hydrogen-bond acceptors (Lipinski definition) is 2. The first-order chi connectivity index (χ1) is 8.54. The maximum Gasteiger partial charge on any atom is 0.0998 e. The molecule has 0 saturated heterocycles. The van der Waals surface area contributed by atoms with Crippen LogP contribution in [0.2, 0.25) is 0 Å². The Morgan fingerprint density at radius 3 is 2.11 bits per heavy atom. The van der Waals surface area contributed by atoms with Crippen molar-refractivity contribution in [2.45, 2.75) is 20.8 Å². The number of nitrogens with zero attached hydrogens (tertiary/aromatic N) is 2. The Bertz CT molecular complexity index is 632. The number of hydrogen-bond donors (Lipinski definition) is 0. The number of allylic oxidation sites excluding steroid dienone is 4. The Morgan fingerprint density at radius 1 is 1.00 bits per heavy atom. The zero-order valence-electron chi connectivity index (χ0n) is 10.8. The van der Waals surface area contributed by atoms with Crippen molar-refractivity contribution in [3.05, 3.63) is 52.6 Å². The van der Waals surface area contributed by atoms with Gasteiger partial charge in [-0.15, -0.1) is 0 Å². The summed E-state index contributed by atoms with van der Waals surface area (Å²) in [6, 6.07) is 14.2. The lowest BCUT2D eigenvalue weighted by Crippen LogP contribution is -2.12. The van der Waals surface area contributed by atoms with Gasteiger partial charge >= 0.3 is 0 Å². The molecule has 18 heavy (non-hydrogen) atoms. The largest absolute Gasteiger partial charge is 0.193 e. The van der Waals surface area contributed by atoms with Crippen LogP contribution in [0.3, 0.4) is 0 Å². The van der Waals surface area contributed by atoms with E-state index in [9.17, 15) is 10.5 Å². The van der Waals surface area contributed by atoms with E-state index in [-0.39, 0.29) is 5.41 Å². The van der Waals surface area contributed by atoms with E-state index in [4.69, 9.17) is 0 Å². The molecule has 0 saturated carbocycles. The molecule has 0 radical (unpaired) electrons. The summed E-state index contributed by atoms with van der Waals surface area (Å²) in [7, 11) is 0. The standard InChI is InChI=1S/C16H14N2/c1-11-13(9-17)15(12-7-5-4-6-8-12)14(10-18)16(11,2)3/h4-8H,1-3H3. The van der Waals surface area contributed by atoms with Crippen LogP contribution >= 0.6 is 0 Å². The van der Waals surface area contributed by atoms with Crippen molar-refractivity contribution in [2.24, 2.45) is 5.41 Å². The van der Waals surface area contributed by atoms with Gasteiger partial charge in [-0.3, -0.25) is 0 Å². The van der Waals surface area contributed by atoms with Crippen molar-refractivity contribution in [3.63, 3.8) is 0 Å². The normalized spacial score (nSPS) is 17.6. The van der Waals surface area contributed by atoms with E-state index in [1.54, 1.807) is 0 Å². The molecule has 0 N–H and O–H groups in total. The van der Waals surface area contributed by atoms with Crippen LogP contribution in [0.4, 0.5) is 0 Å². The van der Waals surface area contributed by atoms with Crippen molar-refractivity contribution in [3.8, 4) is 12.1 Å². The molecule has 2 heteroatoms. The maximum atomic E-state index is 9.42. The fraction of sp³-hybridized carbons (Fsp3) is 0.250. The number of nitriles is 2. The molecule has 0 atom stereocenters. The lowest BCUT2D eigenvalue weighted by molar-refractivity contribution is 0.566. The molecule has 1 aliphatic rings. The van der Waals surface area contributed by atoms with E-state index in [2.05, 4.69) is 12.1 Å². The van der Waals surface area contributed by atoms with Crippen molar-refractivity contribution in [1.82, 2.24) is 0 Å². The molecule has 0 amide bonds. The quantitative estimate of drug-likeness (QED) is 0.741. The summed E-state index contributed by atoms with van der Waals surface area (Å²) in [5, 5.41) is 18.8. The molecule has 2 nitrogen and oxygen atoms in total. The van der Waals surface area contributed by atoms with E-state index in [1.165, 1.54) is 0 Å². The Balaban J connectivity index is 2.78. The van der Waals surface area contributed by atoms with Crippen LogP contribution in [0, 0.1) is 28.1 Å². The average Bonchev–Trinajstić information content (AvgIpc) is 2.58. The molecule has 0 unspecified atom stereocenters. The molecular weight excluding hydrogens is 220 g/mol. The van der Waals surface area contributed by atoms with Crippen molar-refractivity contribution >= 4 is 5.57 Å². The van der Waals surface area contributed by atoms with Gasteiger partial charge in [-0.2, -0.15) is 10.5 Å². The van der Waals surface area contributed by atoms with Gasteiger partial charge in [-0.05, 0) is 18.1 Å². The highest BCUT2D eigenvalue weighted by Gasteiger charge is 2.38. The summed E-state index contributed by atoms with van der Waals surface area (Å²) in [5.74, 6) is 0. The number of rotatable bonds is 1. The predicted octanol–water partition coefficient (Wildman–Crippen LogP) is 3.84. The van der Waals surface area contributed by atoms with Crippen LogP contribution in [-0.2, 0) is 0 Å². The second-order valence-corrected chi connectivity index (χ2v) is 4.96. The van der Waals surface area contributed by atoms with Gasteiger partial charge in [0.05, 0.1) is 17.7 Å². The van der Waals surface area contributed by atoms with Gasteiger partial charge in [0.15, 0.2) is 0 Å². The minimum atomic E-state index is -0.356. The van der Waals surface area contributed by atoms with Gasteiger partial charge in [-0.25, -0.2) is 0 Å². The van der Waals surface area contributed by atoms with Crippen molar-refractivity contribution in [2.75, 3.05) is 0 Å². The molecule has 0 fully saturated rings. The first kappa shape index (κ1) is 12.1. The summed E-state index contributed by atoms with van der Waals surface area (Å²) in [6.45, 7) is 5.92. The summed E-state index contributed by atoms with van der Waals surface area (Å²) < 4.78 is 0. The van der Waals surface area contributed by atoms with Gasteiger partial charge in [0.2, 0.25) is 0 Å². The van der Waals surface area contributed by atoms with E-state index in [1.807, 2.05) is 51.1 Å².